The highest BCUT2D eigenvalue weighted by atomic mass is 32.2. The summed E-state index contributed by atoms with van der Waals surface area (Å²) in [5.74, 6) is 0. The first-order valence-electron chi connectivity index (χ1n) is 6.52. The number of rotatable bonds is 4. The van der Waals surface area contributed by atoms with Crippen molar-refractivity contribution in [3.63, 3.8) is 0 Å². The molecule has 0 aromatic heterocycles. The molecule has 0 aliphatic carbocycles. The highest BCUT2D eigenvalue weighted by Gasteiger charge is 2.24. The number of aryl methyl sites for hydroxylation is 1. The molecular weight excluding hydrogens is 292 g/mol. The van der Waals surface area contributed by atoms with Crippen molar-refractivity contribution in [2.45, 2.75) is 39.8 Å². The zero-order chi connectivity index (χ0) is 16.3. The van der Waals surface area contributed by atoms with Crippen LogP contribution in [0.15, 0.2) is 24.3 Å². The minimum Gasteiger partial charge on any atom is -0.443 e. The van der Waals surface area contributed by atoms with E-state index in [2.05, 4.69) is 0 Å². The summed E-state index contributed by atoms with van der Waals surface area (Å²) >= 11 is 0. The maximum Gasteiger partial charge on any atom is 0.422 e. The number of hydrogen-bond acceptors (Lipinski definition) is 4. The van der Waals surface area contributed by atoms with Gasteiger partial charge in [-0.05, 0) is 33.3 Å². The van der Waals surface area contributed by atoms with Crippen LogP contribution in [0, 0.1) is 6.92 Å². The van der Waals surface area contributed by atoms with Gasteiger partial charge in [0.05, 0.1) is 0 Å². The molecule has 0 unspecified atom stereocenters. The summed E-state index contributed by atoms with van der Waals surface area (Å²) in [6.07, 6.45) is -0.988. The normalized spacial score (nSPS) is 12.3. The minimum atomic E-state index is -3.93. The van der Waals surface area contributed by atoms with Gasteiger partial charge in [0.2, 0.25) is 0 Å². The lowest BCUT2D eigenvalue weighted by Crippen LogP contribution is -2.43. The Kier molecular flexibility index (Phi) is 5.36. The highest BCUT2D eigenvalue weighted by Crippen LogP contribution is 2.10. The summed E-state index contributed by atoms with van der Waals surface area (Å²) in [7, 11) is -2.54. The molecule has 0 bridgehead atoms. The Hall–Kier alpha value is -1.60. The number of hydrogen-bond donors (Lipinski definition) is 1. The Labute approximate surface area is 126 Å². The summed E-state index contributed by atoms with van der Waals surface area (Å²) < 4.78 is 31.9. The molecule has 0 aliphatic rings. The summed E-state index contributed by atoms with van der Waals surface area (Å²) in [5, 5.41) is 0. The molecule has 1 amide bonds. The predicted octanol–water partition coefficient (Wildman–Crippen LogP) is 2.20. The van der Waals surface area contributed by atoms with Crippen molar-refractivity contribution in [3.8, 4) is 0 Å². The smallest absolute Gasteiger partial charge is 0.422 e. The standard InChI is InChI=1S/C14H22N2O4S/c1-11-6-8-12(9-7-11)10-16(5)21(18,19)15-13(17)20-14(2,3)4/h6-9H,10H2,1-5H3,(H,15,17). The third-order valence-electron chi connectivity index (χ3n) is 2.55. The number of ether oxygens (including phenoxy) is 1. The van der Waals surface area contributed by atoms with Crippen molar-refractivity contribution < 1.29 is 17.9 Å². The number of benzene rings is 1. The molecule has 0 atom stereocenters. The Morgan fingerprint density at radius 3 is 2.24 bits per heavy atom. The van der Waals surface area contributed by atoms with Crippen molar-refractivity contribution in [1.29, 1.82) is 0 Å². The first kappa shape index (κ1) is 17.5. The highest BCUT2D eigenvalue weighted by molar-refractivity contribution is 7.87. The van der Waals surface area contributed by atoms with Crippen LogP contribution in [0.25, 0.3) is 0 Å². The summed E-state index contributed by atoms with van der Waals surface area (Å²) in [5.41, 5.74) is 1.17. The van der Waals surface area contributed by atoms with Crippen LogP contribution in [0.5, 0.6) is 0 Å². The molecule has 118 valence electrons. The van der Waals surface area contributed by atoms with Gasteiger partial charge in [-0.3, -0.25) is 0 Å². The molecule has 0 heterocycles. The van der Waals surface area contributed by atoms with E-state index in [9.17, 15) is 13.2 Å². The molecule has 0 saturated carbocycles. The van der Waals surface area contributed by atoms with Crippen LogP contribution in [-0.2, 0) is 21.5 Å². The molecule has 1 rings (SSSR count). The molecule has 0 radical (unpaired) electrons. The van der Waals surface area contributed by atoms with E-state index >= 15 is 0 Å². The van der Waals surface area contributed by atoms with E-state index in [1.54, 1.807) is 20.8 Å². The zero-order valence-corrected chi connectivity index (χ0v) is 13.8. The third kappa shape index (κ3) is 6.14. The second-order valence-corrected chi connectivity index (χ2v) is 7.63. The fourth-order valence-corrected chi connectivity index (χ4v) is 2.24. The van der Waals surface area contributed by atoms with Gasteiger partial charge in [-0.25, -0.2) is 9.52 Å². The summed E-state index contributed by atoms with van der Waals surface area (Å²) in [4.78, 5) is 11.5. The largest absolute Gasteiger partial charge is 0.443 e. The van der Waals surface area contributed by atoms with Crippen LogP contribution < -0.4 is 4.72 Å². The van der Waals surface area contributed by atoms with Crippen molar-refractivity contribution in [2.75, 3.05) is 7.05 Å². The van der Waals surface area contributed by atoms with Gasteiger partial charge in [0.15, 0.2) is 0 Å². The maximum absolute atomic E-state index is 12.0. The SMILES string of the molecule is Cc1ccc(CN(C)S(=O)(=O)NC(=O)OC(C)(C)C)cc1. The van der Waals surface area contributed by atoms with E-state index in [1.807, 2.05) is 35.9 Å². The van der Waals surface area contributed by atoms with Gasteiger partial charge in [0.25, 0.3) is 0 Å². The lowest BCUT2D eigenvalue weighted by Gasteiger charge is -2.22. The average Bonchev–Trinajstić information content (AvgIpc) is 2.28. The summed E-state index contributed by atoms with van der Waals surface area (Å²) in [6, 6.07) is 7.48. The Balaban J connectivity index is 2.69. The number of carbonyl (C=O) groups excluding carboxylic acids is 1. The molecule has 1 N–H and O–H groups in total. The fraction of sp³-hybridized carbons (Fsp3) is 0.500. The number of carbonyl (C=O) groups is 1. The van der Waals surface area contributed by atoms with Crippen molar-refractivity contribution in [2.24, 2.45) is 0 Å². The Morgan fingerprint density at radius 2 is 1.76 bits per heavy atom. The van der Waals surface area contributed by atoms with Gasteiger partial charge >= 0.3 is 16.3 Å². The molecule has 0 fully saturated rings. The zero-order valence-electron chi connectivity index (χ0n) is 13.0. The first-order chi connectivity index (χ1) is 9.49. The number of nitrogens with one attached hydrogen (secondary N) is 1. The molecule has 0 aliphatic heterocycles. The van der Waals surface area contributed by atoms with Crippen LogP contribution in [0.1, 0.15) is 31.9 Å². The molecule has 6 nitrogen and oxygen atoms in total. The van der Waals surface area contributed by atoms with Crippen LogP contribution in [-0.4, -0.2) is 31.5 Å². The molecule has 1 aromatic rings. The van der Waals surface area contributed by atoms with Crippen LogP contribution >= 0.6 is 0 Å². The average molecular weight is 314 g/mol. The molecule has 7 heteroatoms. The molecule has 21 heavy (non-hydrogen) atoms. The van der Waals surface area contributed by atoms with Crippen LogP contribution in [0.3, 0.4) is 0 Å². The lowest BCUT2D eigenvalue weighted by molar-refractivity contribution is 0.0567. The van der Waals surface area contributed by atoms with E-state index in [0.717, 1.165) is 15.4 Å². The van der Waals surface area contributed by atoms with E-state index in [1.165, 1.54) is 7.05 Å². The molecular formula is C14H22N2O4S. The van der Waals surface area contributed by atoms with Crippen molar-refractivity contribution in [1.82, 2.24) is 9.03 Å². The van der Waals surface area contributed by atoms with Gasteiger partial charge < -0.3 is 4.74 Å². The quantitative estimate of drug-likeness (QED) is 0.924. The summed E-state index contributed by atoms with van der Waals surface area (Å²) in [6.45, 7) is 7.10. The maximum atomic E-state index is 12.0. The van der Waals surface area contributed by atoms with Crippen molar-refractivity contribution in [3.05, 3.63) is 35.4 Å². The Bertz CT molecular complexity index is 588. The minimum absolute atomic E-state index is 0.165. The van der Waals surface area contributed by atoms with Gasteiger partial charge in [-0.15, -0.1) is 0 Å². The number of nitrogens with zero attached hydrogens (tertiary/aromatic N) is 1. The van der Waals surface area contributed by atoms with Gasteiger partial charge in [-0.1, -0.05) is 29.8 Å². The van der Waals surface area contributed by atoms with Gasteiger partial charge in [-0.2, -0.15) is 12.7 Å². The van der Waals surface area contributed by atoms with Crippen LogP contribution in [0.4, 0.5) is 4.79 Å². The van der Waals surface area contributed by atoms with Gasteiger partial charge in [0.1, 0.15) is 5.60 Å². The molecule has 0 saturated heterocycles. The predicted molar refractivity (Wildman–Crippen MR) is 80.9 cm³/mol. The fourth-order valence-electron chi connectivity index (χ4n) is 1.52. The third-order valence-corrected chi connectivity index (χ3v) is 3.92. The topological polar surface area (TPSA) is 75.7 Å². The van der Waals surface area contributed by atoms with Crippen molar-refractivity contribution >= 4 is 16.3 Å². The lowest BCUT2D eigenvalue weighted by atomic mass is 10.1. The first-order valence-corrected chi connectivity index (χ1v) is 7.96. The second-order valence-electron chi connectivity index (χ2n) is 5.85. The molecule has 1 aromatic carbocycles. The van der Waals surface area contributed by atoms with E-state index in [4.69, 9.17) is 4.74 Å². The monoisotopic (exact) mass is 314 g/mol. The Morgan fingerprint density at radius 1 is 1.24 bits per heavy atom. The van der Waals surface area contributed by atoms with E-state index < -0.39 is 21.9 Å². The van der Waals surface area contributed by atoms with E-state index in [-0.39, 0.29) is 6.54 Å². The number of amides is 1. The van der Waals surface area contributed by atoms with Crippen LogP contribution in [0.2, 0.25) is 0 Å². The van der Waals surface area contributed by atoms with E-state index in [0.29, 0.717) is 0 Å². The van der Waals surface area contributed by atoms with Gasteiger partial charge in [0, 0.05) is 13.6 Å². The second kappa shape index (κ2) is 6.44. The molecule has 0 spiro atoms.